The number of hydrogen-bond donors (Lipinski definition) is 0. The average Bonchev–Trinajstić information content (AvgIpc) is 3.04. The van der Waals surface area contributed by atoms with Crippen LogP contribution in [0, 0.1) is 0 Å². The monoisotopic (exact) mass is 256 g/mol. The fraction of sp³-hybridized carbons (Fsp3) is 0.133. The fourth-order valence-electron chi connectivity index (χ4n) is 2.12. The summed E-state index contributed by atoms with van der Waals surface area (Å²) in [7, 11) is 0. The topological polar surface area (TPSA) is 30.2 Å². The van der Waals surface area contributed by atoms with Crippen LogP contribution in [0.25, 0.3) is 11.0 Å². The molecule has 0 spiro atoms. The molecule has 0 atom stereocenters. The van der Waals surface area contributed by atoms with E-state index in [1.807, 2.05) is 48.7 Å². The first-order valence-corrected chi connectivity index (χ1v) is 6.78. The van der Waals surface area contributed by atoms with E-state index in [9.17, 15) is 4.79 Å². The lowest BCUT2D eigenvalue weighted by atomic mass is 10.0. The van der Waals surface area contributed by atoms with Crippen molar-refractivity contribution in [3.8, 4) is 0 Å². The van der Waals surface area contributed by atoms with Gasteiger partial charge in [0.15, 0.2) is 0 Å². The summed E-state index contributed by atoms with van der Waals surface area (Å²) in [6.07, 6.45) is 0.723. The number of fused-ring (bicyclic) bond motifs is 1. The number of furan rings is 1. The van der Waals surface area contributed by atoms with Gasteiger partial charge in [-0.3, -0.25) is 4.79 Å². The highest BCUT2D eigenvalue weighted by Crippen LogP contribution is 2.29. The van der Waals surface area contributed by atoms with Crippen molar-refractivity contribution in [1.29, 1.82) is 0 Å². The third kappa shape index (κ3) is 1.68. The molecule has 90 valence electrons. The Labute approximate surface area is 109 Å². The molecule has 2 aromatic heterocycles. The van der Waals surface area contributed by atoms with Crippen molar-refractivity contribution in [2.24, 2.45) is 0 Å². The molecule has 2 heterocycles. The quantitative estimate of drug-likeness (QED) is 0.654. The van der Waals surface area contributed by atoms with E-state index in [0.29, 0.717) is 0 Å². The van der Waals surface area contributed by atoms with Crippen molar-refractivity contribution >= 4 is 28.1 Å². The largest absolute Gasteiger partial charge is 0.460 e. The van der Waals surface area contributed by atoms with Crippen LogP contribution in [-0.2, 0) is 6.42 Å². The molecule has 0 bridgehead atoms. The number of hydrogen-bond acceptors (Lipinski definition) is 3. The lowest BCUT2D eigenvalue weighted by Crippen LogP contribution is -2.00. The number of carbonyl (C=O) groups excluding carboxylic acids is 1. The minimum Gasteiger partial charge on any atom is -0.460 e. The number of rotatable bonds is 3. The molecule has 1 aromatic carbocycles. The van der Waals surface area contributed by atoms with Crippen molar-refractivity contribution in [2.75, 3.05) is 0 Å². The van der Waals surface area contributed by atoms with Crippen molar-refractivity contribution in [3.63, 3.8) is 0 Å². The number of carbonyl (C=O) groups is 1. The fourth-order valence-corrected chi connectivity index (χ4v) is 2.79. The summed E-state index contributed by atoms with van der Waals surface area (Å²) in [5, 5.41) is 2.83. The van der Waals surface area contributed by atoms with Gasteiger partial charge in [-0.05, 0) is 17.5 Å². The molecule has 0 aliphatic carbocycles. The Morgan fingerprint density at radius 1 is 1.22 bits per heavy atom. The zero-order chi connectivity index (χ0) is 12.5. The van der Waals surface area contributed by atoms with E-state index in [2.05, 4.69) is 0 Å². The first-order chi connectivity index (χ1) is 8.81. The summed E-state index contributed by atoms with van der Waals surface area (Å²) < 4.78 is 5.75. The van der Waals surface area contributed by atoms with Gasteiger partial charge in [-0.2, -0.15) is 0 Å². The minimum atomic E-state index is 0.0619. The Balaban J connectivity index is 2.24. The number of thiophene rings is 1. The van der Waals surface area contributed by atoms with Gasteiger partial charge in [-0.15, -0.1) is 11.3 Å². The number of para-hydroxylation sites is 1. The summed E-state index contributed by atoms with van der Waals surface area (Å²) >= 11 is 1.47. The van der Waals surface area contributed by atoms with E-state index in [1.165, 1.54) is 11.3 Å². The van der Waals surface area contributed by atoms with Crippen LogP contribution in [0.5, 0.6) is 0 Å². The standard InChI is InChI=1S/C15H12O2S/c1-2-11-14(15(16)13-8-5-9-18-13)10-6-3-4-7-12(10)17-11/h3-9H,2H2,1H3. The number of ketones is 1. The summed E-state index contributed by atoms with van der Waals surface area (Å²) in [4.78, 5) is 13.3. The maximum Gasteiger partial charge on any atom is 0.207 e. The predicted molar refractivity (Wildman–Crippen MR) is 73.3 cm³/mol. The number of benzene rings is 1. The third-order valence-corrected chi connectivity index (χ3v) is 3.83. The highest BCUT2D eigenvalue weighted by Gasteiger charge is 2.21. The molecular weight excluding hydrogens is 244 g/mol. The van der Waals surface area contributed by atoms with Gasteiger partial charge < -0.3 is 4.42 Å². The summed E-state index contributed by atoms with van der Waals surface area (Å²) in [6, 6.07) is 11.5. The lowest BCUT2D eigenvalue weighted by Gasteiger charge is -1.98. The van der Waals surface area contributed by atoms with Crippen LogP contribution in [0.3, 0.4) is 0 Å². The lowest BCUT2D eigenvalue weighted by molar-refractivity contribution is 0.104. The van der Waals surface area contributed by atoms with Gasteiger partial charge in [0.05, 0.1) is 10.4 Å². The van der Waals surface area contributed by atoms with E-state index in [-0.39, 0.29) is 5.78 Å². The van der Waals surface area contributed by atoms with Crippen LogP contribution in [0.4, 0.5) is 0 Å². The molecule has 18 heavy (non-hydrogen) atoms. The second kappa shape index (κ2) is 4.42. The van der Waals surface area contributed by atoms with Crippen LogP contribution in [-0.4, -0.2) is 5.78 Å². The summed E-state index contributed by atoms with van der Waals surface area (Å²) in [5.74, 6) is 0.835. The second-order valence-electron chi connectivity index (χ2n) is 4.06. The first kappa shape index (κ1) is 11.2. The highest BCUT2D eigenvalue weighted by molar-refractivity contribution is 7.12. The molecule has 0 fully saturated rings. The molecule has 3 heteroatoms. The van der Waals surface area contributed by atoms with E-state index in [4.69, 9.17) is 4.42 Å². The van der Waals surface area contributed by atoms with Crippen molar-refractivity contribution in [3.05, 3.63) is 58.0 Å². The molecule has 0 aliphatic rings. The van der Waals surface area contributed by atoms with Crippen LogP contribution >= 0.6 is 11.3 Å². The Morgan fingerprint density at radius 2 is 2.06 bits per heavy atom. The third-order valence-electron chi connectivity index (χ3n) is 2.96. The van der Waals surface area contributed by atoms with Crippen molar-refractivity contribution < 1.29 is 9.21 Å². The average molecular weight is 256 g/mol. The molecule has 0 aliphatic heterocycles. The van der Waals surface area contributed by atoms with Crippen LogP contribution in [0.15, 0.2) is 46.2 Å². The molecule has 2 nitrogen and oxygen atoms in total. The van der Waals surface area contributed by atoms with Crippen LogP contribution < -0.4 is 0 Å². The zero-order valence-electron chi connectivity index (χ0n) is 9.97. The van der Waals surface area contributed by atoms with Crippen molar-refractivity contribution in [2.45, 2.75) is 13.3 Å². The second-order valence-corrected chi connectivity index (χ2v) is 5.00. The van der Waals surface area contributed by atoms with Crippen LogP contribution in [0.2, 0.25) is 0 Å². The molecule has 0 saturated heterocycles. The molecule has 3 aromatic rings. The van der Waals surface area contributed by atoms with Crippen molar-refractivity contribution in [1.82, 2.24) is 0 Å². The minimum absolute atomic E-state index is 0.0619. The molecular formula is C15H12O2S. The van der Waals surface area contributed by atoms with Gasteiger partial charge in [0.25, 0.3) is 0 Å². The van der Waals surface area contributed by atoms with E-state index in [1.54, 1.807) is 0 Å². The van der Waals surface area contributed by atoms with E-state index in [0.717, 1.165) is 33.6 Å². The van der Waals surface area contributed by atoms with Gasteiger partial charge in [-0.25, -0.2) is 0 Å². The Bertz CT molecular complexity index is 692. The predicted octanol–water partition coefficient (Wildman–Crippen LogP) is 4.29. The highest BCUT2D eigenvalue weighted by atomic mass is 32.1. The Kier molecular flexibility index (Phi) is 2.76. The van der Waals surface area contributed by atoms with Gasteiger partial charge in [0.2, 0.25) is 5.78 Å². The molecule has 0 saturated carbocycles. The van der Waals surface area contributed by atoms with Crippen LogP contribution in [0.1, 0.15) is 27.9 Å². The van der Waals surface area contributed by atoms with Gasteiger partial charge in [-0.1, -0.05) is 31.2 Å². The zero-order valence-corrected chi connectivity index (χ0v) is 10.8. The Hall–Kier alpha value is -1.87. The first-order valence-electron chi connectivity index (χ1n) is 5.90. The maximum absolute atomic E-state index is 12.5. The van der Waals surface area contributed by atoms with Gasteiger partial charge in [0.1, 0.15) is 11.3 Å². The summed E-state index contributed by atoms with van der Waals surface area (Å²) in [5.41, 5.74) is 1.50. The summed E-state index contributed by atoms with van der Waals surface area (Å²) in [6.45, 7) is 2.00. The van der Waals surface area contributed by atoms with E-state index < -0.39 is 0 Å². The van der Waals surface area contributed by atoms with Gasteiger partial charge in [0, 0.05) is 11.8 Å². The molecule has 3 rings (SSSR count). The smallest absolute Gasteiger partial charge is 0.207 e. The Morgan fingerprint density at radius 3 is 2.78 bits per heavy atom. The molecule has 0 N–H and O–H groups in total. The molecule has 0 amide bonds. The van der Waals surface area contributed by atoms with Gasteiger partial charge >= 0.3 is 0 Å². The van der Waals surface area contributed by atoms with E-state index >= 15 is 0 Å². The normalized spacial score (nSPS) is 10.9. The SMILES string of the molecule is CCc1oc2ccccc2c1C(=O)c1cccs1. The number of aryl methyl sites for hydroxylation is 1. The molecule has 0 unspecified atom stereocenters. The molecule has 0 radical (unpaired) electrons. The maximum atomic E-state index is 12.5.